The van der Waals surface area contributed by atoms with Gasteiger partial charge in [0.2, 0.25) is 0 Å². The fourth-order valence-electron chi connectivity index (χ4n) is 3.01. The average molecular weight is 306 g/mol. The predicted octanol–water partition coefficient (Wildman–Crippen LogP) is 6.47. The summed E-state index contributed by atoms with van der Waals surface area (Å²) in [7, 11) is 0. The molecule has 3 aromatic carbocycles. The fraction of sp³-hybridized carbons (Fsp3) is 0.364. The van der Waals surface area contributed by atoms with Crippen LogP contribution in [0.25, 0.3) is 21.5 Å². The van der Waals surface area contributed by atoms with Crippen molar-refractivity contribution >= 4 is 21.5 Å². The predicted molar refractivity (Wildman–Crippen MR) is 101 cm³/mol. The highest BCUT2D eigenvalue weighted by molar-refractivity contribution is 6.05. The second-order valence-corrected chi connectivity index (χ2v) is 6.95. The van der Waals surface area contributed by atoms with Crippen molar-refractivity contribution in [3.63, 3.8) is 0 Å². The van der Waals surface area contributed by atoms with Gasteiger partial charge in [0.05, 0.1) is 6.61 Å². The molecule has 0 bridgehead atoms. The van der Waals surface area contributed by atoms with Crippen molar-refractivity contribution in [1.29, 1.82) is 0 Å². The topological polar surface area (TPSA) is 9.23 Å². The molecule has 0 unspecified atom stereocenters. The van der Waals surface area contributed by atoms with Crippen molar-refractivity contribution < 1.29 is 4.74 Å². The Morgan fingerprint density at radius 2 is 1.61 bits per heavy atom. The number of benzene rings is 3. The van der Waals surface area contributed by atoms with Crippen molar-refractivity contribution in [1.82, 2.24) is 0 Å². The highest BCUT2D eigenvalue weighted by atomic mass is 16.5. The van der Waals surface area contributed by atoms with Crippen LogP contribution in [0.2, 0.25) is 0 Å². The molecule has 0 saturated heterocycles. The van der Waals surface area contributed by atoms with E-state index in [1.165, 1.54) is 27.1 Å². The van der Waals surface area contributed by atoms with Gasteiger partial charge in [-0.15, -0.1) is 0 Å². The van der Waals surface area contributed by atoms with Crippen LogP contribution in [0.5, 0.6) is 5.75 Å². The van der Waals surface area contributed by atoms with Crippen LogP contribution in [0.4, 0.5) is 0 Å². The van der Waals surface area contributed by atoms with Crippen LogP contribution in [0.1, 0.15) is 46.1 Å². The molecule has 0 atom stereocenters. The van der Waals surface area contributed by atoms with E-state index >= 15 is 0 Å². The van der Waals surface area contributed by atoms with Crippen LogP contribution in [0.15, 0.2) is 48.5 Å². The van der Waals surface area contributed by atoms with Gasteiger partial charge in [0, 0.05) is 10.8 Å². The second-order valence-electron chi connectivity index (χ2n) is 6.95. The first-order valence-corrected chi connectivity index (χ1v) is 8.65. The van der Waals surface area contributed by atoms with E-state index in [4.69, 9.17) is 4.74 Å². The van der Waals surface area contributed by atoms with Crippen LogP contribution in [-0.4, -0.2) is 6.61 Å². The fourth-order valence-corrected chi connectivity index (χ4v) is 3.01. The largest absolute Gasteiger partial charge is 0.492 e. The summed E-state index contributed by atoms with van der Waals surface area (Å²) >= 11 is 0. The van der Waals surface area contributed by atoms with Crippen molar-refractivity contribution in [2.24, 2.45) is 0 Å². The Morgan fingerprint density at radius 1 is 0.870 bits per heavy atom. The lowest BCUT2D eigenvalue weighted by Crippen LogP contribution is -2.15. The monoisotopic (exact) mass is 306 g/mol. The lowest BCUT2D eigenvalue weighted by atomic mass is 9.81. The van der Waals surface area contributed by atoms with E-state index in [9.17, 15) is 0 Å². The van der Waals surface area contributed by atoms with Gasteiger partial charge in [-0.3, -0.25) is 0 Å². The SMILES string of the molecule is CCCOc1c2ccccc2cc2ccc(C(C)(C)CC)cc12. The van der Waals surface area contributed by atoms with Crippen LogP contribution in [-0.2, 0) is 5.41 Å². The normalized spacial score (nSPS) is 12.0. The third-order valence-corrected chi connectivity index (χ3v) is 4.93. The van der Waals surface area contributed by atoms with Crippen molar-refractivity contribution in [3.8, 4) is 5.75 Å². The van der Waals surface area contributed by atoms with Crippen molar-refractivity contribution in [2.75, 3.05) is 6.61 Å². The minimum Gasteiger partial charge on any atom is -0.492 e. The molecule has 1 heteroatoms. The van der Waals surface area contributed by atoms with Gasteiger partial charge in [0.25, 0.3) is 0 Å². The summed E-state index contributed by atoms with van der Waals surface area (Å²) in [6, 6.07) is 17.6. The zero-order valence-corrected chi connectivity index (χ0v) is 14.6. The molecule has 0 N–H and O–H groups in total. The highest BCUT2D eigenvalue weighted by Crippen LogP contribution is 2.38. The first-order valence-electron chi connectivity index (χ1n) is 8.65. The molecule has 0 fully saturated rings. The summed E-state index contributed by atoms with van der Waals surface area (Å²) in [6.45, 7) is 9.77. The summed E-state index contributed by atoms with van der Waals surface area (Å²) in [5.41, 5.74) is 1.56. The van der Waals surface area contributed by atoms with E-state index in [0.29, 0.717) is 0 Å². The molecule has 0 aromatic heterocycles. The Hall–Kier alpha value is -2.02. The van der Waals surface area contributed by atoms with Crippen LogP contribution < -0.4 is 4.74 Å². The molecule has 3 aromatic rings. The maximum Gasteiger partial charge on any atom is 0.134 e. The van der Waals surface area contributed by atoms with Gasteiger partial charge in [-0.05, 0) is 46.7 Å². The third kappa shape index (κ3) is 2.93. The summed E-state index contributed by atoms with van der Waals surface area (Å²) in [6.07, 6.45) is 2.14. The molecule has 0 aliphatic carbocycles. The lowest BCUT2D eigenvalue weighted by Gasteiger charge is -2.24. The average Bonchev–Trinajstić information content (AvgIpc) is 2.58. The maximum absolute atomic E-state index is 6.18. The van der Waals surface area contributed by atoms with E-state index in [0.717, 1.165) is 25.2 Å². The Labute approximate surface area is 139 Å². The summed E-state index contributed by atoms with van der Waals surface area (Å²) < 4.78 is 6.18. The van der Waals surface area contributed by atoms with E-state index in [-0.39, 0.29) is 5.41 Å². The molecule has 1 nitrogen and oxygen atoms in total. The van der Waals surface area contributed by atoms with E-state index in [1.807, 2.05) is 0 Å². The van der Waals surface area contributed by atoms with Crippen LogP contribution >= 0.6 is 0 Å². The molecule has 0 radical (unpaired) electrons. The van der Waals surface area contributed by atoms with Crippen LogP contribution in [0, 0.1) is 0 Å². The first-order chi connectivity index (χ1) is 11.1. The Bertz CT molecular complexity index is 830. The smallest absolute Gasteiger partial charge is 0.134 e. The molecule has 0 aliphatic rings. The minimum atomic E-state index is 0.182. The third-order valence-electron chi connectivity index (χ3n) is 4.93. The summed E-state index contributed by atoms with van der Waals surface area (Å²) in [4.78, 5) is 0. The minimum absolute atomic E-state index is 0.182. The molecular formula is C22H26O. The Morgan fingerprint density at radius 3 is 2.35 bits per heavy atom. The number of rotatable bonds is 5. The quantitative estimate of drug-likeness (QED) is 0.491. The van der Waals surface area contributed by atoms with Gasteiger partial charge < -0.3 is 4.74 Å². The molecule has 0 aliphatic heterocycles. The van der Waals surface area contributed by atoms with E-state index < -0.39 is 0 Å². The molecule has 120 valence electrons. The maximum atomic E-state index is 6.18. The zero-order valence-electron chi connectivity index (χ0n) is 14.6. The van der Waals surface area contributed by atoms with E-state index in [2.05, 4.69) is 76.2 Å². The van der Waals surface area contributed by atoms with Gasteiger partial charge in [0.15, 0.2) is 0 Å². The summed E-state index contributed by atoms with van der Waals surface area (Å²) in [5.74, 6) is 1.04. The zero-order chi connectivity index (χ0) is 16.4. The number of hydrogen-bond acceptors (Lipinski definition) is 1. The molecule has 23 heavy (non-hydrogen) atoms. The molecule has 0 amide bonds. The van der Waals surface area contributed by atoms with E-state index in [1.54, 1.807) is 0 Å². The Kier molecular flexibility index (Phi) is 4.30. The number of fused-ring (bicyclic) bond motifs is 2. The highest BCUT2D eigenvalue weighted by Gasteiger charge is 2.19. The molecule has 0 heterocycles. The molecule has 0 saturated carbocycles. The van der Waals surface area contributed by atoms with Crippen molar-refractivity contribution in [3.05, 3.63) is 54.1 Å². The standard InChI is InChI=1S/C22H26O/c1-5-13-23-21-19-10-8-7-9-16(19)14-17-11-12-18(15-20(17)21)22(3,4)6-2/h7-12,14-15H,5-6,13H2,1-4H3. The second kappa shape index (κ2) is 6.23. The van der Waals surface area contributed by atoms with Gasteiger partial charge in [-0.2, -0.15) is 0 Å². The number of hydrogen-bond donors (Lipinski definition) is 0. The molecule has 3 rings (SSSR count). The van der Waals surface area contributed by atoms with Crippen LogP contribution in [0.3, 0.4) is 0 Å². The van der Waals surface area contributed by atoms with Gasteiger partial charge >= 0.3 is 0 Å². The summed E-state index contributed by atoms with van der Waals surface area (Å²) in [5, 5.41) is 4.94. The van der Waals surface area contributed by atoms with Gasteiger partial charge in [-0.1, -0.05) is 64.1 Å². The molecule has 0 spiro atoms. The number of ether oxygens (including phenoxy) is 1. The lowest BCUT2D eigenvalue weighted by molar-refractivity contribution is 0.325. The van der Waals surface area contributed by atoms with Gasteiger partial charge in [-0.25, -0.2) is 0 Å². The Balaban J connectivity index is 2.29. The molecular weight excluding hydrogens is 280 g/mol. The first kappa shape index (κ1) is 15.9. The van der Waals surface area contributed by atoms with Gasteiger partial charge in [0.1, 0.15) is 5.75 Å². The van der Waals surface area contributed by atoms with Crippen molar-refractivity contribution in [2.45, 2.75) is 46.0 Å².